The number of halogens is 1. The lowest BCUT2D eigenvalue weighted by Gasteiger charge is -2.19. The topological polar surface area (TPSA) is 15.3 Å². The number of fused-ring (bicyclic) bond motifs is 1. The molecule has 2 aliphatic rings. The third-order valence-electron chi connectivity index (χ3n) is 3.58. The van der Waals surface area contributed by atoms with Crippen molar-refractivity contribution in [2.45, 2.75) is 0 Å². The number of nitrogens with one attached hydrogen (secondary N) is 1. The Bertz CT molecular complexity index is 337. The Morgan fingerprint density at radius 3 is 2.27 bits per heavy atom. The van der Waals surface area contributed by atoms with Crippen molar-refractivity contribution < 1.29 is 0 Å². The van der Waals surface area contributed by atoms with Crippen LogP contribution < -0.4 is 10.2 Å². The molecule has 0 bridgehead atoms. The van der Waals surface area contributed by atoms with Gasteiger partial charge in [0.1, 0.15) is 0 Å². The SMILES string of the molecule is Brc1ccc(N2CC3CNC[C@@H]3C2)cc1. The van der Waals surface area contributed by atoms with Crippen molar-refractivity contribution in [3.8, 4) is 0 Å². The molecular weight excluding hydrogens is 252 g/mol. The Balaban J connectivity index is 1.76. The molecule has 3 heteroatoms. The molecule has 15 heavy (non-hydrogen) atoms. The predicted molar refractivity (Wildman–Crippen MR) is 66.2 cm³/mol. The van der Waals surface area contributed by atoms with Gasteiger partial charge in [0.25, 0.3) is 0 Å². The Morgan fingerprint density at radius 2 is 1.67 bits per heavy atom. The van der Waals surface area contributed by atoms with Crippen LogP contribution in [0.5, 0.6) is 0 Å². The highest BCUT2D eigenvalue weighted by atomic mass is 79.9. The van der Waals surface area contributed by atoms with Crippen LogP contribution in [0.25, 0.3) is 0 Å². The molecule has 3 rings (SSSR count). The predicted octanol–water partition coefficient (Wildman–Crippen LogP) is 2.10. The molecule has 0 saturated carbocycles. The fourth-order valence-corrected chi connectivity index (χ4v) is 2.98. The summed E-state index contributed by atoms with van der Waals surface area (Å²) in [7, 11) is 0. The molecule has 1 aromatic carbocycles. The minimum atomic E-state index is 0.869. The first kappa shape index (κ1) is 9.67. The lowest BCUT2D eigenvalue weighted by molar-refractivity contribution is 0.533. The summed E-state index contributed by atoms with van der Waals surface area (Å²) in [5.74, 6) is 1.74. The molecule has 0 radical (unpaired) electrons. The fourth-order valence-electron chi connectivity index (χ4n) is 2.72. The van der Waals surface area contributed by atoms with E-state index in [1.165, 1.54) is 31.9 Å². The zero-order valence-electron chi connectivity index (χ0n) is 8.62. The van der Waals surface area contributed by atoms with Gasteiger partial charge in [0.15, 0.2) is 0 Å². The van der Waals surface area contributed by atoms with Crippen molar-refractivity contribution in [3.05, 3.63) is 28.7 Å². The van der Waals surface area contributed by atoms with Gasteiger partial charge >= 0.3 is 0 Å². The molecule has 0 aliphatic carbocycles. The fraction of sp³-hybridized carbons (Fsp3) is 0.500. The molecule has 0 spiro atoms. The van der Waals surface area contributed by atoms with Crippen molar-refractivity contribution in [2.24, 2.45) is 11.8 Å². The average Bonchev–Trinajstić information content (AvgIpc) is 2.78. The second-order valence-corrected chi connectivity index (χ2v) is 5.48. The van der Waals surface area contributed by atoms with Crippen LogP contribution >= 0.6 is 15.9 Å². The summed E-state index contributed by atoms with van der Waals surface area (Å²) < 4.78 is 1.16. The number of nitrogens with zero attached hydrogens (tertiary/aromatic N) is 1. The van der Waals surface area contributed by atoms with Gasteiger partial charge in [-0.3, -0.25) is 0 Å². The van der Waals surface area contributed by atoms with E-state index in [2.05, 4.69) is 50.4 Å². The van der Waals surface area contributed by atoms with Crippen LogP contribution in [0.3, 0.4) is 0 Å². The van der Waals surface area contributed by atoms with E-state index < -0.39 is 0 Å². The zero-order chi connectivity index (χ0) is 10.3. The van der Waals surface area contributed by atoms with Gasteiger partial charge in [0.2, 0.25) is 0 Å². The Labute approximate surface area is 98.8 Å². The first-order valence-electron chi connectivity index (χ1n) is 5.54. The van der Waals surface area contributed by atoms with E-state index >= 15 is 0 Å². The summed E-state index contributed by atoms with van der Waals surface area (Å²) in [6.07, 6.45) is 0. The van der Waals surface area contributed by atoms with Crippen LogP contribution in [0, 0.1) is 11.8 Å². The smallest absolute Gasteiger partial charge is 0.0367 e. The maximum absolute atomic E-state index is 3.47. The zero-order valence-corrected chi connectivity index (χ0v) is 10.2. The van der Waals surface area contributed by atoms with Gasteiger partial charge in [-0.15, -0.1) is 0 Å². The van der Waals surface area contributed by atoms with Crippen LogP contribution in [0.4, 0.5) is 5.69 Å². The number of anilines is 1. The summed E-state index contributed by atoms with van der Waals surface area (Å²) in [5.41, 5.74) is 1.37. The maximum atomic E-state index is 3.47. The highest BCUT2D eigenvalue weighted by Crippen LogP contribution is 2.30. The first-order chi connectivity index (χ1) is 7.33. The van der Waals surface area contributed by atoms with Crippen molar-refractivity contribution in [1.29, 1.82) is 0 Å². The summed E-state index contributed by atoms with van der Waals surface area (Å²) in [5, 5.41) is 3.47. The number of hydrogen-bond acceptors (Lipinski definition) is 2. The molecule has 2 aliphatic heterocycles. The summed E-state index contributed by atoms with van der Waals surface area (Å²) in [6.45, 7) is 4.86. The van der Waals surface area contributed by atoms with Gasteiger partial charge in [-0.2, -0.15) is 0 Å². The van der Waals surface area contributed by atoms with E-state index in [0.717, 1.165) is 16.3 Å². The molecule has 80 valence electrons. The van der Waals surface area contributed by atoms with E-state index in [4.69, 9.17) is 0 Å². The molecule has 2 saturated heterocycles. The minimum Gasteiger partial charge on any atom is -0.371 e. The van der Waals surface area contributed by atoms with Crippen LogP contribution in [-0.4, -0.2) is 26.2 Å². The van der Waals surface area contributed by atoms with Crippen LogP contribution in [0.1, 0.15) is 0 Å². The van der Waals surface area contributed by atoms with Crippen molar-refractivity contribution >= 4 is 21.6 Å². The van der Waals surface area contributed by atoms with Crippen molar-refractivity contribution in [2.75, 3.05) is 31.1 Å². The molecule has 2 atom stereocenters. The van der Waals surface area contributed by atoms with Crippen molar-refractivity contribution in [3.63, 3.8) is 0 Å². The summed E-state index contributed by atoms with van der Waals surface area (Å²) in [4.78, 5) is 2.52. The molecule has 1 N–H and O–H groups in total. The van der Waals surface area contributed by atoms with Crippen LogP contribution in [0.15, 0.2) is 28.7 Å². The number of benzene rings is 1. The number of hydrogen-bond donors (Lipinski definition) is 1. The van der Waals surface area contributed by atoms with Crippen molar-refractivity contribution in [1.82, 2.24) is 5.32 Å². The summed E-state index contributed by atoms with van der Waals surface area (Å²) >= 11 is 3.47. The maximum Gasteiger partial charge on any atom is 0.0367 e. The molecule has 1 unspecified atom stereocenters. The lowest BCUT2D eigenvalue weighted by atomic mass is 10.0. The van der Waals surface area contributed by atoms with Gasteiger partial charge in [0, 0.05) is 36.3 Å². The third kappa shape index (κ3) is 1.79. The Hall–Kier alpha value is -0.540. The Kier molecular flexibility index (Phi) is 2.45. The highest BCUT2D eigenvalue weighted by molar-refractivity contribution is 9.10. The highest BCUT2D eigenvalue weighted by Gasteiger charge is 2.35. The van der Waals surface area contributed by atoms with Crippen LogP contribution in [0.2, 0.25) is 0 Å². The number of rotatable bonds is 1. The summed E-state index contributed by atoms with van der Waals surface area (Å²) in [6, 6.07) is 8.67. The van der Waals surface area contributed by atoms with E-state index in [9.17, 15) is 0 Å². The molecule has 2 nitrogen and oxygen atoms in total. The quantitative estimate of drug-likeness (QED) is 0.838. The van der Waals surface area contributed by atoms with E-state index in [0.29, 0.717) is 0 Å². The second-order valence-electron chi connectivity index (χ2n) is 4.56. The van der Waals surface area contributed by atoms with E-state index in [-0.39, 0.29) is 0 Å². The standard InChI is InChI=1S/C12H15BrN2/c13-11-1-3-12(4-2-11)15-7-9-5-14-6-10(9)8-15/h1-4,9-10,14H,5-8H2/t9-,10?/m1/s1. The van der Waals surface area contributed by atoms with Gasteiger partial charge in [-0.25, -0.2) is 0 Å². The average molecular weight is 267 g/mol. The molecule has 2 fully saturated rings. The molecule has 0 aromatic heterocycles. The van der Waals surface area contributed by atoms with Gasteiger partial charge < -0.3 is 10.2 Å². The molecule has 0 amide bonds. The largest absolute Gasteiger partial charge is 0.371 e. The van der Waals surface area contributed by atoms with Gasteiger partial charge in [0.05, 0.1) is 0 Å². The van der Waals surface area contributed by atoms with Crippen LogP contribution in [-0.2, 0) is 0 Å². The third-order valence-corrected chi connectivity index (χ3v) is 4.11. The monoisotopic (exact) mass is 266 g/mol. The van der Waals surface area contributed by atoms with Gasteiger partial charge in [-0.05, 0) is 36.1 Å². The van der Waals surface area contributed by atoms with Gasteiger partial charge in [-0.1, -0.05) is 15.9 Å². The Morgan fingerprint density at radius 1 is 1.07 bits per heavy atom. The van der Waals surface area contributed by atoms with E-state index in [1.807, 2.05) is 0 Å². The lowest BCUT2D eigenvalue weighted by Crippen LogP contribution is -2.25. The molecule has 1 aromatic rings. The first-order valence-corrected chi connectivity index (χ1v) is 6.33. The second kappa shape index (κ2) is 3.80. The molecule has 2 heterocycles. The minimum absolute atomic E-state index is 0.869. The van der Waals surface area contributed by atoms with E-state index in [1.54, 1.807) is 0 Å². The normalized spacial score (nSPS) is 29.5. The molecular formula is C12H15BrN2.